The second-order valence-corrected chi connectivity index (χ2v) is 6.56. The van der Waals surface area contributed by atoms with Crippen LogP contribution in [0.3, 0.4) is 0 Å². The Morgan fingerprint density at radius 1 is 0.846 bits per heavy atom. The van der Waals surface area contributed by atoms with E-state index in [4.69, 9.17) is 9.47 Å². The Bertz CT molecular complexity index is 822. The zero-order chi connectivity index (χ0) is 17.9. The second-order valence-electron chi connectivity index (χ2n) is 6.56. The van der Waals surface area contributed by atoms with Crippen LogP contribution < -0.4 is 20.1 Å². The predicted molar refractivity (Wildman–Crippen MR) is 94.3 cm³/mol. The lowest BCUT2D eigenvalue weighted by molar-refractivity contribution is -0.127. The largest absolute Gasteiger partial charge is 0.454 e. The maximum absolute atomic E-state index is 12.3. The van der Waals surface area contributed by atoms with Crippen molar-refractivity contribution in [3.05, 3.63) is 59.7 Å². The molecule has 0 spiro atoms. The molecule has 2 aliphatic rings. The van der Waals surface area contributed by atoms with Crippen LogP contribution in [0, 0.1) is 11.8 Å². The maximum Gasteiger partial charge on any atom is 0.231 e. The van der Waals surface area contributed by atoms with Crippen molar-refractivity contribution in [2.24, 2.45) is 11.8 Å². The molecule has 2 atom stereocenters. The highest BCUT2D eigenvalue weighted by Crippen LogP contribution is 2.39. The Hall–Kier alpha value is -3.02. The SMILES string of the molecule is O=C(NCc1ccccc1)C1CC1C(=O)NCc1ccc2c(c1)OCO2. The van der Waals surface area contributed by atoms with Gasteiger partial charge < -0.3 is 20.1 Å². The van der Waals surface area contributed by atoms with Crippen LogP contribution in [0.1, 0.15) is 17.5 Å². The molecule has 6 nitrogen and oxygen atoms in total. The second kappa shape index (κ2) is 7.07. The molecular formula is C20H20N2O4. The van der Waals surface area contributed by atoms with Crippen LogP contribution in [-0.2, 0) is 22.7 Å². The van der Waals surface area contributed by atoms with Crippen LogP contribution >= 0.6 is 0 Å². The van der Waals surface area contributed by atoms with Gasteiger partial charge in [-0.2, -0.15) is 0 Å². The topological polar surface area (TPSA) is 76.7 Å². The van der Waals surface area contributed by atoms with Crippen LogP contribution in [0.4, 0.5) is 0 Å². The van der Waals surface area contributed by atoms with Gasteiger partial charge in [-0.15, -0.1) is 0 Å². The average Bonchev–Trinajstić information content (AvgIpc) is 3.35. The molecule has 0 radical (unpaired) electrons. The third-order valence-electron chi connectivity index (χ3n) is 4.68. The van der Waals surface area contributed by atoms with Gasteiger partial charge in [0.2, 0.25) is 18.6 Å². The molecule has 134 valence electrons. The lowest BCUT2D eigenvalue weighted by Crippen LogP contribution is -2.29. The summed E-state index contributed by atoms with van der Waals surface area (Å²) in [5.41, 5.74) is 1.98. The third kappa shape index (κ3) is 3.64. The van der Waals surface area contributed by atoms with Crippen LogP contribution in [-0.4, -0.2) is 18.6 Å². The Balaban J connectivity index is 1.23. The Kier molecular flexibility index (Phi) is 4.48. The van der Waals surface area contributed by atoms with Gasteiger partial charge in [0.1, 0.15) is 0 Å². The van der Waals surface area contributed by atoms with Gasteiger partial charge in [0, 0.05) is 13.1 Å². The Morgan fingerprint density at radius 3 is 2.23 bits per heavy atom. The van der Waals surface area contributed by atoms with Crippen molar-refractivity contribution in [1.82, 2.24) is 10.6 Å². The molecule has 0 saturated heterocycles. The summed E-state index contributed by atoms with van der Waals surface area (Å²) in [6, 6.07) is 15.3. The number of carbonyl (C=O) groups is 2. The Labute approximate surface area is 151 Å². The first kappa shape index (κ1) is 16.4. The number of rotatable bonds is 6. The van der Waals surface area contributed by atoms with Gasteiger partial charge in [0.15, 0.2) is 11.5 Å². The van der Waals surface area contributed by atoms with Crippen LogP contribution in [0.15, 0.2) is 48.5 Å². The van der Waals surface area contributed by atoms with Gasteiger partial charge >= 0.3 is 0 Å². The Morgan fingerprint density at radius 2 is 1.50 bits per heavy atom. The summed E-state index contributed by atoms with van der Waals surface area (Å²) in [6.07, 6.45) is 0.605. The average molecular weight is 352 g/mol. The van der Waals surface area contributed by atoms with Gasteiger partial charge in [-0.3, -0.25) is 9.59 Å². The normalized spacial score (nSPS) is 19.7. The van der Waals surface area contributed by atoms with Crippen LogP contribution in [0.25, 0.3) is 0 Å². The molecule has 6 heteroatoms. The van der Waals surface area contributed by atoms with E-state index in [1.807, 2.05) is 48.5 Å². The first-order valence-corrected chi connectivity index (χ1v) is 8.68. The molecule has 2 aromatic carbocycles. The summed E-state index contributed by atoms with van der Waals surface area (Å²) >= 11 is 0. The molecule has 2 aromatic rings. The molecule has 2 amide bonds. The lowest BCUT2D eigenvalue weighted by Gasteiger charge is -2.07. The van der Waals surface area contributed by atoms with Crippen LogP contribution in [0.5, 0.6) is 11.5 Å². The number of benzene rings is 2. The van der Waals surface area contributed by atoms with Gasteiger partial charge in [-0.05, 0) is 29.7 Å². The molecule has 26 heavy (non-hydrogen) atoms. The minimum atomic E-state index is -0.236. The molecular weight excluding hydrogens is 332 g/mol. The van der Waals surface area contributed by atoms with Crippen molar-refractivity contribution in [3.8, 4) is 11.5 Å². The number of hydrogen-bond acceptors (Lipinski definition) is 4. The van der Waals surface area contributed by atoms with Crippen LogP contribution in [0.2, 0.25) is 0 Å². The van der Waals surface area contributed by atoms with Crippen molar-refractivity contribution < 1.29 is 19.1 Å². The molecule has 0 bridgehead atoms. The van der Waals surface area contributed by atoms with Gasteiger partial charge in [-0.1, -0.05) is 36.4 Å². The fourth-order valence-electron chi connectivity index (χ4n) is 3.06. The number of fused-ring (bicyclic) bond motifs is 1. The highest BCUT2D eigenvalue weighted by atomic mass is 16.7. The third-order valence-corrected chi connectivity index (χ3v) is 4.68. The zero-order valence-corrected chi connectivity index (χ0v) is 14.2. The molecule has 1 aliphatic heterocycles. The first-order chi connectivity index (χ1) is 12.7. The molecule has 0 aromatic heterocycles. The number of amides is 2. The van der Waals surface area contributed by atoms with E-state index < -0.39 is 0 Å². The summed E-state index contributed by atoms with van der Waals surface area (Å²) in [5.74, 6) is 0.814. The fraction of sp³-hybridized carbons (Fsp3) is 0.300. The van der Waals surface area contributed by atoms with Crippen molar-refractivity contribution in [3.63, 3.8) is 0 Å². The number of carbonyl (C=O) groups excluding carboxylic acids is 2. The molecule has 1 saturated carbocycles. The van der Waals surface area contributed by atoms with Gasteiger partial charge in [0.05, 0.1) is 11.8 Å². The van der Waals surface area contributed by atoms with E-state index >= 15 is 0 Å². The minimum absolute atomic E-state index is 0.0583. The maximum atomic E-state index is 12.3. The first-order valence-electron chi connectivity index (χ1n) is 8.68. The minimum Gasteiger partial charge on any atom is -0.454 e. The molecule has 1 fully saturated rings. The van der Waals surface area contributed by atoms with Crippen molar-refractivity contribution in [2.45, 2.75) is 19.5 Å². The predicted octanol–water partition coefficient (Wildman–Crippen LogP) is 1.98. The summed E-state index contributed by atoms with van der Waals surface area (Å²) in [7, 11) is 0. The number of nitrogens with one attached hydrogen (secondary N) is 2. The smallest absolute Gasteiger partial charge is 0.231 e. The fourth-order valence-corrected chi connectivity index (χ4v) is 3.06. The lowest BCUT2D eigenvalue weighted by atomic mass is 10.2. The van der Waals surface area contributed by atoms with Crippen molar-refractivity contribution in [1.29, 1.82) is 0 Å². The summed E-state index contributed by atoms with van der Waals surface area (Å²) in [6.45, 7) is 1.12. The van der Waals surface area contributed by atoms with Gasteiger partial charge in [-0.25, -0.2) is 0 Å². The highest BCUT2D eigenvalue weighted by molar-refractivity contribution is 5.92. The highest BCUT2D eigenvalue weighted by Gasteiger charge is 2.47. The quantitative estimate of drug-likeness (QED) is 0.834. The molecule has 1 aliphatic carbocycles. The van der Waals surface area contributed by atoms with E-state index in [0.29, 0.717) is 25.3 Å². The summed E-state index contributed by atoms with van der Waals surface area (Å²) in [5, 5.41) is 5.79. The monoisotopic (exact) mass is 352 g/mol. The summed E-state index contributed by atoms with van der Waals surface area (Å²) in [4.78, 5) is 24.4. The summed E-state index contributed by atoms with van der Waals surface area (Å²) < 4.78 is 10.6. The van der Waals surface area contributed by atoms with E-state index in [2.05, 4.69) is 10.6 Å². The van der Waals surface area contributed by atoms with E-state index in [0.717, 1.165) is 16.9 Å². The van der Waals surface area contributed by atoms with E-state index in [1.54, 1.807) is 0 Å². The molecule has 2 N–H and O–H groups in total. The van der Waals surface area contributed by atoms with Crippen molar-refractivity contribution >= 4 is 11.8 Å². The molecule has 1 heterocycles. The number of ether oxygens (including phenoxy) is 2. The zero-order valence-electron chi connectivity index (χ0n) is 14.2. The van der Waals surface area contributed by atoms with E-state index in [-0.39, 0.29) is 30.4 Å². The molecule has 4 rings (SSSR count). The number of hydrogen-bond donors (Lipinski definition) is 2. The van der Waals surface area contributed by atoms with E-state index in [1.165, 1.54) is 0 Å². The molecule has 2 unspecified atom stereocenters. The van der Waals surface area contributed by atoms with E-state index in [9.17, 15) is 9.59 Å². The standard InChI is InChI=1S/C20H20N2O4/c23-19(21-10-13-4-2-1-3-5-13)15-9-16(15)20(24)22-11-14-6-7-17-18(8-14)26-12-25-17/h1-8,15-16H,9-12H2,(H,21,23)(H,22,24). The van der Waals surface area contributed by atoms with Crippen molar-refractivity contribution in [2.75, 3.05) is 6.79 Å². The van der Waals surface area contributed by atoms with Gasteiger partial charge in [0.25, 0.3) is 0 Å².